The molecule has 2 rings (SSSR count). The van der Waals surface area contributed by atoms with E-state index in [1.807, 2.05) is 11.8 Å². The van der Waals surface area contributed by atoms with Crippen LogP contribution >= 0.6 is 11.8 Å². The van der Waals surface area contributed by atoms with Gasteiger partial charge in [-0.05, 0) is 38.0 Å². The number of nitrogens with zero attached hydrogens (tertiary/aromatic N) is 2. The smallest absolute Gasteiger partial charge is 0.287 e. The number of rotatable bonds is 4. The van der Waals surface area contributed by atoms with Gasteiger partial charge in [-0.1, -0.05) is 0 Å². The molecule has 6 heteroatoms. The van der Waals surface area contributed by atoms with Gasteiger partial charge in [0.25, 0.3) is 5.69 Å². The maximum absolute atomic E-state index is 10.5. The molecule has 0 aliphatic heterocycles. The topological polar surface area (TPSA) is 68.1 Å². The Hall–Kier alpha value is -1.30. The first kappa shape index (κ1) is 13.1. The standard InChI is InChI=1S/C12H17N3O2S/c1-18-11-5-2-9(3-6-11)14-12-7-4-10(8-13-12)15(16)17/h4,7-9,11H,2-3,5-6H2,1H3,(H,13,14). The number of thioether (sulfide) groups is 1. The molecule has 1 aliphatic rings. The second kappa shape index (κ2) is 6.04. The number of nitrogens with one attached hydrogen (secondary N) is 1. The largest absolute Gasteiger partial charge is 0.367 e. The molecule has 1 fully saturated rings. The molecule has 0 saturated heterocycles. The van der Waals surface area contributed by atoms with E-state index in [1.54, 1.807) is 6.07 Å². The van der Waals surface area contributed by atoms with Gasteiger partial charge in [0.15, 0.2) is 0 Å². The number of aromatic nitrogens is 1. The summed E-state index contributed by atoms with van der Waals surface area (Å²) in [5.74, 6) is 0.730. The van der Waals surface area contributed by atoms with E-state index in [0.29, 0.717) is 6.04 Å². The molecule has 1 N–H and O–H groups in total. The van der Waals surface area contributed by atoms with Gasteiger partial charge < -0.3 is 5.32 Å². The van der Waals surface area contributed by atoms with E-state index in [4.69, 9.17) is 0 Å². The van der Waals surface area contributed by atoms with Gasteiger partial charge in [0.2, 0.25) is 0 Å². The van der Waals surface area contributed by atoms with Crippen LogP contribution in [0.1, 0.15) is 25.7 Å². The van der Waals surface area contributed by atoms with Crippen LogP contribution in [0.4, 0.5) is 11.5 Å². The molecule has 0 aromatic carbocycles. The first-order valence-corrected chi connectivity index (χ1v) is 7.37. The molecule has 1 saturated carbocycles. The molecule has 98 valence electrons. The highest BCUT2D eigenvalue weighted by Gasteiger charge is 2.20. The SMILES string of the molecule is CSC1CCC(Nc2ccc([N+](=O)[O-])cn2)CC1. The van der Waals surface area contributed by atoms with Crippen molar-refractivity contribution >= 4 is 23.3 Å². The zero-order valence-corrected chi connectivity index (χ0v) is 11.2. The Morgan fingerprint density at radius 1 is 1.39 bits per heavy atom. The van der Waals surface area contributed by atoms with Gasteiger partial charge in [-0.15, -0.1) is 0 Å². The minimum absolute atomic E-state index is 0.0339. The highest BCUT2D eigenvalue weighted by Crippen LogP contribution is 2.28. The quantitative estimate of drug-likeness (QED) is 0.670. The van der Waals surface area contributed by atoms with E-state index < -0.39 is 4.92 Å². The summed E-state index contributed by atoms with van der Waals surface area (Å²) in [6.45, 7) is 0. The van der Waals surface area contributed by atoms with Crippen molar-refractivity contribution in [1.29, 1.82) is 0 Å². The van der Waals surface area contributed by atoms with E-state index in [9.17, 15) is 10.1 Å². The number of anilines is 1. The second-order valence-electron chi connectivity index (χ2n) is 4.51. The summed E-state index contributed by atoms with van der Waals surface area (Å²) in [5, 5.41) is 14.6. The van der Waals surface area contributed by atoms with Gasteiger partial charge in [-0.3, -0.25) is 10.1 Å². The Balaban J connectivity index is 1.88. The van der Waals surface area contributed by atoms with Gasteiger partial charge in [0.05, 0.1) is 4.92 Å². The molecule has 5 nitrogen and oxygen atoms in total. The molecule has 0 amide bonds. The molecule has 0 unspecified atom stereocenters. The van der Waals surface area contributed by atoms with Crippen molar-refractivity contribution in [3.05, 3.63) is 28.4 Å². The fourth-order valence-corrected chi connectivity index (χ4v) is 2.98. The lowest BCUT2D eigenvalue weighted by Gasteiger charge is -2.28. The molecule has 0 atom stereocenters. The molecule has 1 aromatic heterocycles. The fourth-order valence-electron chi connectivity index (χ4n) is 2.23. The van der Waals surface area contributed by atoms with Crippen molar-refractivity contribution in [2.75, 3.05) is 11.6 Å². The highest BCUT2D eigenvalue weighted by molar-refractivity contribution is 7.99. The van der Waals surface area contributed by atoms with Crippen molar-refractivity contribution in [2.24, 2.45) is 0 Å². The normalized spacial score (nSPS) is 23.6. The summed E-state index contributed by atoms with van der Waals surface area (Å²) in [6, 6.07) is 3.61. The summed E-state index contributed by atoms with van der Waals surface area (Å²) >= 11 is 1.94. The van der Waals surface area contributed by atoms with Crippen LogP contribution in [0, 0.1) is 10.1 Å². The van der Waals surface area contributed by atoms with Crippen molar-refractivity contribution in [2.45, 2.75) is 37.0 Å². The number of nitro groups is 1. The average Bonchev–Trinajstić information content (AvgIpc) is 2.40. The van der Waals surface area contributed by atoms with Crippen molar-refractivity contribution in [1.82, 2.24) is 4.98 Å². The molecule has 0 bridgehead atoms. The summed E-state index contributed by atoms with van der Waals surface area (Å²) < 4.78 is 0. The highest BCUT2D eigenvalue weighted by atomic mass is 32.2. The third-order valence-electron chi connectivity index (χ3n) is 3.32. The van der Waals surface area contributed by atoms with Crippen molar-refractivity contribution in [3.8, 4) is 0 Å². The monoisotopic (exact) mass is 267 g/mol. The third kappa shape index (κ3) is 3.35. The number of pyridine rings is 1. The van der Waals surface area contributed by atoms with E-state index in [2.05, 4.69) is 16.6 Å². The summed E-state index contributed by atoms with van der Waals surface area (Å²) in [7, 11) is 0. The third-order valence-corrected chi connectivity index (χ3v) is 4.46. The summed E-state index contributed by atoms with van der Waals surface area (Å²) in [6.07, 6.45) is 8.21. The molecule has 18 heavy (non-hydrogen) atoms. The molecule has 0 spiro atoms. The van der Waals surface area contributed by atoms with Crippen LogP contribution < -0.4 is 5.32 Å². The lowest BCUT2D eigenvalue weighted by Crippen LogP contribution is -2.27. The predicted octanol–water partition coefficient (Wildman–Crippen LogP) is 3.08. The van der Waals surface area contributed by atoms with Crippen LogP contribution in [-0.2, 0) is 0 Å². The maximum atomic E-state index is 10.5. The van der Waals surface area contributed by atoms with Crippen LogP contribution in [0.15, 0.2) is 18.3 Å². The van der Waals surface area contributed by atoms with Crippen molar-refractivity contribution < 1.29 is 4.92 Å². The number of hydrogen-bond donors (Lipinski definition) is 1. The first-order chi connectivity index (χ1) is 8.69. The lowest BCUT2D eigenvalue weighted by molar-refractivity contribution is -0.385. The Kier molecular flexibility index (Phi) is 4.41. The molecule has 1 heterocycles. The minimum atomic E-state index is -0.430. The number of hydrogen-bond acceptors (Lipinski definition) is 5. The molecule has 0 radical (unpaired) electrons. The molecular weight excluding hydrogens is 250 g/mol. The Morgan fingerprint density at radius 3 is 2.61 bits per heavy atom. The van der Waals surface area contributed by atoms with E-state index in [0.717, 1.165) is 23.9 Å². The molecule has 1 aliphatic carbocycles. The van der Waals surface area contributed by atoms with E-state index in [1.165, 1.54) is 25.1 Å². The minimum Gasteiger partial charge on any atom is -0.367 e. The maximum Gasteiger partial charge on any atom is 0.287 e. The predicted molar refractivity (Wildman–Crippen MR) is 74.1 cm³/mol. The van der Waals surface area contributed by atoms with Gasteiger partial charge in [0.1, 0.15) is 12.0 Å². The molecule has 1 aromatic rings. The van der Waals surface area contributed by atoms with Gasteiger partial charge in [-0.2, -0.15) is 11.8 Å². The first-order valence-electron chi connectivity index (χ1n) is 6.09. The van der Waals surface area contributed by atoms with Gasteiger partial charge in [0, 0.05) is 17.4 Å². The Morgan fingerprint density at radius 2 is 2.11 bits per heavy atom. The Labute approximate surface area is 111 Å². The summed E-state index contributed by atoms with van der Waals surface area (Å²) in [5.41, 5.74) is 0.0339. The zero-order valence-electron chi connectivity index (χ0n) is 10.3. The summed E-state index contributed by atoms with van der Waals surface area (Å²) in [4.78, 5) is 14.2. The van der Waals surface area contributed by atoms with Crippen LogP contribution in [0.3, 0.4) is 0 Å². The average molecular weight is 267 g/mol. The zero-order chi connectivity index (χ0) is 13.0. The van der Waals surface area contributed by atoms with E-state index >= 15 is 0 Å². The van der Waals surface area contributed by atoms with Crippen molar-refractivity contribution in [3.63, 3.8) is 0 Å². The van der Waals surface area contributed by atoms with Crippen LogP contribution in [-0.4, -0.2) is 27.5 Å². The second-order valence-corrected chi connectivity index (χ2v) is 5.65. The fraction of sp³-hybridized carbons (Fsp3) is 0.583. The van der Waals surface area contributed by atoms with Crippen LogP contribution in [0.2, 0.25) is 0 Å². The molecular formula is C12H17N3O2S. The van der Waals surface area contributed by atoms with Crippen LogP contribution in [0.5, 0.6) is 0 Å². The van der Waals surface area contributed by atoms with Crippen LogP contribution in [0.25, 0.3) is 0 Å². The van der Waals surface area contributed by atoms with Gasteiger partial charge >= 0.3 is 0 Å². The van der Waals surface area contributed by atoms with Gasteiger partial charge in [-0.25, -0.2) is 4.98 Å². The Bertz CT molecular complexity index is 402. The van der Waals surface area contributed by atoms with E-state index in [-0.39, 0.29) is 5.69 Å². The lowest BCUT2D eigenvalue weighted by atomic mass is 9.95.